The van der Waals surface area contributed by atoms with Crippen LogP contribution in [0.1, 0.15) is 11.1 Å². The van der Waals surface area contributed by atoms with Crippen LogP contribution in [0.5, 0.6) is 0 Å². The molecule has 0 unspecified atom stereocenters. The van der Waals surface area contributed by atoms with Crippen molar-refractivity contribution in [1.82, 2.24) is 0 Å². The summed E-state index contributed by atoms with van der Waals surface area (Å²) < 4.78 is 0. The average Bonchev–Trinajstić information content (AvgIpc) is 2.48. The predicted molar refractivity (Wildman–Crippen MR) is 87.6 cm³/mol. The molecule has 0 amide bonds. The first kappa shape index (κ1) is 14.5. The zero-order valence-electron chi connectivity index (χ0n) is 11.1. The molecule has 0 aromatic heterocycles. The zero-order valence-corrected chi connectivity index (χ0v) is 11.9. The molecule has 6 N–H and O–H groups in total. The van der Waals surface area contributed by atoms with Gasteiger partial charge in [0.1, 0.15) is 0 Å². The molecule has 0 aliphatic rings. The van der Waals surface area contributed by atoms with Gasteiger partial charge in [-0.1, -0.05) is 36.4 Å². The largest absolute Gasteiger partial charge is 0.376 e. The fourth-order valence-corrected chi connectivity index (χ4v) is 2.37. The number of rotatable bonds is 4. The van der Waals surface area contributed by atoms with Crippen molar-refractivity contribution in [3.63, 3.8) is 0 Å². The third-order valence-electron chi connectivity index (χ3n) is 3.13. The maximum absolute atomic E-state index is 5.92. The monoisotopic (exact) mass is 286 g/mol. The molecule has 104 valence electrons. The summed E-state index contributed by atoms with van der Waals surface area (Å²) in [5.74, 6) is 0. The molecule has 0 radical (unpaired) electrons. The Morgan fingerprint density at radius 1 is 0.850 bits per heavy atom. The molecular formula is C15H18N4S. The highest BCUT2D eigenvalue weighted by atomic mass is 32.1. The van der Waals surface area contributed by atoms with Gasteiger partial charge in [-0.3, -0.25) is 4.90 Å². The van der Waals surface area contributed by atoms with Crippen molar-refractivity contribution in [1.29, 1.82) is 0 Å². The lowest BCUT2D eigenvalue weighted by molar-refractivity contribution is 1.04. The number of thiocarbonyl (C=S) groups is 1. The van der Waals surface area contributed by atoms with Gasteiger partial charge in [-0.2, -0.15) is 0 Å². The molecule has 0 atom stereocenters. The molecule has 0 fully saturated rings. The van der Waals surface area contributed by atoms with E-state index in [1.807, 2.05) is 53.4 Å². The lowest BCUT2D eigenvalue weighted by Crippen LogP contribution is -2.33. The van der Waals surface area contributed by atoms with Gasteiger partial charge in [0.05, 0.1) is 11.4 Å². The molecule has 0 aliphatic carbocycles. The number of nitrogens with zero attached hydrogens (tertiary/aromatic N) is 1. The van der Waals surface area contributed by atoms with E-state index >= 15 is 0 Å². The highest BCUT2D eigenvalue weighted by Crippen LogP contribution is 2.30. The molecule has 5 heteroatoms. The van der Waals surface area contributed by atoms with Crippen LogP contribution in [-0.2, 0) is 13.1 Å². The zero-order chi connectivity index (χ0) is 14.5. The molecule has 4 nitrogen and oxygen atoms in total. The summed E-state index contributed by atoms with van der Waals surface area (Å²) in [4.78, 5) is 1.82. The van der Waals surface area contributed by atoms with Crippen LogP contribution >= 0.6 is 12.2 Å². The minimum absolute atomic E-state index is 0.270. The summed E-state index contributed by atoms with van der Waals surface area (Å²) in [7, 11) is 0. The Bertz CT molecular complexity index is 565. The third kappa shape index (κ3) is 2.80. The normalized spacial score (nSPS) is 10.3. The Balaban J connectivity index is 2.60. The maximum atomic E-state index is 5.92. The van der Waals surface area contributed by atoms with E-state index < -0.39 is 0 Å². The first-order valence-corrected chi connectivity index (χ1v) is 6.75. The lowest BCUT2D eigenvalue weighted by atomic mass is 10.1. The van der Waals surface area contributed by atoms with Crippen LogP contribution < -0.4 is 22.1 Å². The van der Waals surface area contributed by atoms with Crippen LogP contribution in [0, 0.1) is 0 Å². The molecule has 20 heavy (non-hydrogen) atoms. The van der Waals surface area contributed by atoms with E-state index in [0.717, 1.165) is 22.5 Å². The first-order chi connectivity index (χ1) is 9.69. The lowest BCUT2D eigenvalue weighted by Gasteiger charge is -2.27. The molecule has 0 saturated heterocycles. The van der Waals surface area contributed by atoms with Gasteiger partial charge in [-0.05, 0) is 35.5 Å². The number of hydrogen-bond donors (Lipinski definition) is 3. The molecule has 0 bridgehead atoms. The first-order valence-electron chi connectivity index (χ1n) is 6.34. The summed E-state index contributed by atoms with van der Waals surface area (Å²) in [6, 6.07) is 15.6. The van der Waals surface area contributed by atoms with E-state index in [1.54, 1.807) is 0 Å². The van der Waals surface area contributed by atoms with Gasteiger partial charge in [0.2, 0.25) is 0 Å². The Morgan fingerprint density at radius 2 is 1.25 bits per heavy atom. The van der Waals surface area contributed by atoms with Gasteiger partial charge >= 0.3 is 0 Å². The molecular weight excluding hydrogens is 268 g/mol. The van der Waals surface area contributed by atoms with E-state index in [4.69, 9.17) is 29.4 Å². The second-order valence-corrected chi connectivity index (χ2v) is 4.76. The second-order valence-electron chi connectivity index (χ2n) is 4.34. The van der Waals surface area contributed by atoms with Crippen LogP contribution in [0.4, 0.5) is 11.4 Å². The summed E-state index contributed by atoms with van der Waals surface area (Å²) in [5, 5.41) is 0.270. The molecule has 0 heterocycles. The predicted octanol–water partition coefficient (Wildman–Crippen LogP) is 1.99. The minimum Gasteiger partial charge on any atom is -0.376 e. The van der Waals surface area contributed by atoms with Gasteiger partial charge in [0.25, 0.3) is 0 Å². The van der Waals surface area contributed by atoms with Crippen LogP contribution in [0.15, 0.2) is 48.5 Å². The van der Waals surface area contributed by atoms with Crippen molar-refractivity contribution in [3.05, 3.63) is 59.7 Å². The highest BCUT2D eigenvalue weighted by Gasteiger charge is 2.17. The van der Waals surface area contributed by atoms with Crippen molar-refractivity contribution >= 4 is 28.7 Å². The van der Waals surface area contributed by atoms with Gasteiger partial charge in [0.15, 0.2) is 5.11 Å². The van der Waals surface area contributed by atoms with E-state index in [0.29, 0.717) is 13.1 Å². The van der Waals surface area contributed by atoms with Crippen LogP contribution in [0.2, 0.25) is 0 Å². The van der Waals surface area contributed by atoms with Gasteiger partial charge < -0.3 is 17.2 Å². The van der Waals surface area contributed by atoms with Crippen LogP contribution in [0.3, 0.4) is 0 Å². The average molecular weight is 286 g/mol. The number of hydrogen-bond acceptors (Lipinski definition) is 3. The molecule has 0 spiro atoms. The molecule has 2 aromatic rings. The Morgan fingerprint density at radius 3 is 1.60 bits per heavy atom. The molecule has 0 aliphatic heterocycles. The maximum Gasteiger partial charge on any atom is 0.175 e. The van der Waals surface area contributed by atoms with Crippen molar-refractivity contribution in [2.45, 2.75) is 13.1 Å². The van der Waals surface area contributed by atoms with Gasteiger partial charge in [0, 0.05) is 13.1 Å². The van der Waals surface area contributed by atoms with E-state index in [2.05, 4.69) is 0 Å². The third-order valence-corrected chi connectivity index (χ3v) is 3.31. The summed E-state index contributed by atoms with van der Waals surface area (Å²) in [6.07, 6.45) is 0. The summed E-state index contributed by atoms with van der Waals surface area (Å²) in [5.41, 5.74) is 21.3. The van der Waals surface area contributed by atoms with E-state index in [1.165, 1.54) is 0 Å². The Labute approximate surface area is 124 Å². The van der Waals surface area contributed by atoms with Crippen molar-refractivity contribution in [3.8, 4) is 0 Å². The second kappa shape index (κ2) is 6.47. The van der Waals surface area contributed by atoms with Crippen molar-refractivity contribution in [2.24, 2.45) is 17.2 Å². The van der Waals surface area contributed by atoms with Crippen molar-refractivity contribution in [2.75, 3.05) is 4.90 Å². The fourth-order valence-electron chi connectivity index (χ4n) is 2.17. The smallest absolute Gasteiger partial charge is 0.175 e. The fraction of sp³-hybridized carbons (Fsp3) is 0.133. The van der Waals surface area contributed by atoms with E-state index in [9.17, 15) is 0 Å². The molecule has 0 saturated carbocycles. The summed E-state index contributed by atoms with van der Waals surface area (Å²) in [6.45, 7) is 0.833. The van der Waals surface area contributed by atoms with Gasteiger partial charge in [-0.25, -0.2) is 0 Å². The standard InChI is InChI=1S/C15H18N4S/c16-9-11-5-1-3-7-13(11)19(15(18)20)14-8-4-2-6-12(14)10-17/h1-8H,9-10,16-17H2,(H2,18,20). The topological polar surface area (TPSA) is 81.3 Å². The SMILES string of the molecule is NCc1ccccc1N(C(N)=S)c1ccccc1CN. The van der Waals surface area contributed by atoms with E-state index in [-0.39, 0.29) is 5.11 Å². The molecule has 2 aromatic carbocycles. The quantitative estimate of drug-likeness (QED) is 0.749. The number of benzene rings is 2. The number of anilines is 2. The minimum atomic E-state index is 0.270. The molecule has 2 rings (SSSR count). The van der Waals surface area contributed by atoms with Crippen LogP contribution in [-0.4, -0.2) is 5.11 Å². The van der Waals surface area contributed by atoms with Crippen molar-refractivity contribution < 1.29 is 0 Å². The Hall–Kier alpha value is -1.95. The number of nitrogens with two attached hydrogens (primary N) is 3. The van der Waals surface area contributed by atoms with Gasteiger partial charge in [-0.15, -0.1) is 0 Å². The Kier molecular flexibility index (Phi) is 4.68. The number of para-hydroxylation sites is 2. The van der Waals surface area contributed by atoms with Crippen LogP contribution in [0.25, 0.3) is 0 Å². The summed E-state index contributed by atoms with van der Waals surface area (Å²) >= 11 is 5.22. The highest BCUT2D eigenvalue weighted by molar-refractivity contribution is 7.80.